The van der Waals surface area contributed by atoms with Crippen molar-refractivity contribution >= 4 is 17.5 Å². The number of aromatic nitrogens is 2. The average molecular weight is 424 g/mol. The Morgan fingerprint density at radius 3 is 2.56 bits per heavy atom. The van der Waals surface area contributed by atoms with Gasteiger partial charge >= 0.3 is 6.01 Å². The van der Waals surface area contributed by atoms with Crippen molar-refractivity contribution < 1.29 is 13.9 Å². The number of Topliss-reactive ketones (excluding diaryl/α,β-unsaturated/α-hetero) is 1. The highest BCUT2D eigenvalue weighted by atomic mass is 16.5. The lowest BCUT2D eigenvalue weighted by molar-refractivity contribution is -0.119. The number of carbonyl (C=O) groups excluding carboxylic acids is 1. The van der Waals surface area contributed by atoms with Gasteiger partial charge in [0, 0.05) is 23.1 Å². The van der Waals surface area contributed by atoms with E-state index < -0.39 is 6.17 Å². The summed E-state index contributed by atoms with van der Waals surface area (Å²) in [5, 5.41) is 11.2. The molecule has 1 N–H and O–H groups in total. The first kappa shape index (κ1) is 19.7. The highest BCUT2D eigenvalue weighted by molar-refractivity contribution is 6.16. The lowest BCUT2D eigenvalue weighted by Gasteiger charge is -2.11. The van der Waals surface area contributed by atoms with Crippen LogP contribution in [0.4, 0.5) is 6.01 Å². The molecular weight excluding hydrogens is 404 g/mol. The van der Waals surface area contributed by atoms with Crippen LogP contribution in [0, 0.1) is 0 Å². The number of rotatable bonds is 5. The third-order valence-corrected chi connectivity index (χ3v) is 5.25. The largest absolute Gasteiger partial charge is 0.497 e. The molecule has 7 nitrogen and oxygen atoms in total. The number of benzene rings is 3. The van der Waals surface area contributed by atoms with Crippen LogP contribution < -0.4 is 10.1 Å². The number of hydrogen-bond donors (Lipinski definition) is 1. The van der Waals surface area contributed by atoms with Crippen molar-refractivity contribution in [3.8, 4) is 17.2 Å². The second kappa shape index (κ2) is 8.47. The van der Waals surface area contributed by atoms with Crippen LogP contribution in [0.2, 0.25) is 0 Å². The summed E-state index contributed by atoms with van der Waals surface area (Å²) in [4.78, 5) is 17.8. The minimum Gasteiger partial charge on any atom is -0.497 e. The number of anilines is 1. The second-order valence-corrected chi connectivity index (χ2v) is 7.34. The molecule has 0 bridgehead atoms. The summed E-state index contributed by atoms with van der Waals surface area (Å²) in [7, 11) is 1.60. The molecule has 158 valence electrons. The zero-order valence-electron chi connectivity index (χ0n) is 17.4. The summed E-state index contributed by atoms with van der Waals surface area (Å²) >= 11 is 0. The molecule has 0 fully saturated rings. The molecule has 5 rings (SSSR count). The molecule has 2 heterocycles. The van der Waals surface area contributed by atoms with Crippen LogP contribution in [-0.4, -0.2) is 35.0 Å². The van der Waals surface area contributed by atoms with Crippen molar-refractivity contribution in [2.75, 3.05) is 12.4 Å². The minimum absolute atomic E-state index is 0.0792. The summed E-state index contributed by atoms with van der Waals surface area (Å²) in [6, 6.07) is 25.1. The quantitative estimate of drug-likeness (QED) is 0.518. The normalized spacial score (nSPS) is 15.5. The summed E-state index contributed by atoms with van der Waals surface area (Å²) in [6.07, 6.45) is -0.596. The molecule has 0 radical (unpaired) electrons. The predicted molar refractivity (Wildman–Crippen MR) is 121 cm³/mol. The monoisotopic (exact) mass is 424 g/mol. The van der Waals surface area contributed by atoms with Crippen LogP contribution in [0.3, 0.4) is 0 Å². The summed E-state index contributed by atoms with van der Waals surface area (Å²) < 4.78 is 11.0. The van der Waals surface area contributed by atoms with Gasteiger partial charge in [0.1, 0.15) is 5.75 Å². The van der Waals surface area contributed by atoms with Gasteiger partial charge in [0.25, 0.3) is 0 Å². The van der Waals surface area contributed by atoms with Crippen LogP contribution >= 0.6 is 0 Å². The first-order valence-electron chi connectivity index (χ1n) is 10.2. The maximum absolute atomic E-state index is 13.0. The van der Waals surface area contributed by atoms with Gasteiger partial charge in [0.2, 0.25) is 5.89 Å². The van der Waals surface area contributed by atoms with E-state index >= 15 is 0 Å². The second-order valence-electron chi connectivity index (χ2n) is 7.34. The number of ketones is 1. The van der Waals surface area contributed by atoms with Crippen molar-refractivity contribution in [2.45, 2.75) is 12.6 Å². The fourth-order valence-electron chi connectivity index (χ4n) is 3.67. The molecule has 32 heavy (non-hydrogen) atoms. The number of nitrogens with one attached hydrogen (secondary N) is 1. The van der Waals surface area contributed by atoms with Crippen molar-refractivity contribution in [1.29, 1.82) is 0 Å². The van der Waals surface area contributed by atoms with E-state index in [0.717, 1.165) is 28.0 Å². The SMILES string of the molecule is COc1cccc(-c2nnc(NC3N=C(c4ccccc4)c4ccccc4CC3=O)o2)c1. The molecule has 1 aliphatic rings. The number of fused-ring (bicyclic) bond motifs is 1. The lowest BCUT2D eigenvalue weighted by Crippen LogP contribution is -2.29. The molecule has 0 saturated carbocycles. The molecule has 1 unspecified atom stereocenters. The van der Waals surface area contributed by atoms with Gasteiger partial charge in [-0.05, 0) is 23.8 Å². The number of aliphatic imine (C=N–C) groups is 1. The molecule has 1 aliphatic heterocycles. The van der Waals surface area contributed by atoms with Gasteiger partial charge in [0.05, 0.1) is 12.8 Å². The third kappa shape index (κ3) is 3.88. The Hall–Kier alpha value is -4.26. The molecule has 7 heteroatoms. The zero-order valence-corrected chi connectivity index (χ0v) is 17.4. The molecule has 0 amide bonds. The number of carbonyl (C=O) groups is 1. The van der Waals surface area contributed by atoms with Crippen molar-refractivity contribution in [1.82, 2.24) is 10.2 Å². The Kier molecular flexibility index (Phi) is 5.21. The molecular formula is C25H20N4O3. The number of ether oxygens (including phenoxy) is 1. The van der Waals surface area contributed by atoms with E-state index in [1.807, 2.05) is 72.8 Å². The van der Waals surface area contributed by atoms with Gasteiger partial charge in [0.15, 0.2) is 11.9 Å². The number of hydrogen-bond acceptors (Lipinski definition) is 7. The van der Waals surface area contributed by atoms with Crippen LogP contribution in [0.25, 0.3) is 11.5 Å². The molecule has 1 atom stereocenters. The highest BCUT2D eigenvalue weighted by Gasteiger charge is 2.27. The van der Waals surface area contributed by atoms with Crippen LogP contribution in [0.5, 0.6) is 5.75 Å². The topological polar surface area (TPSA) is 89.6 Å². The van der Waals surface area contributed by atoms with Crippen molar-refractivity contribution in [3.63, 3.8) is 0 Å². The highest BCUT2D eigenvalue weighted by Crippen LogP contribution is 2.26. The van der Waals surface area contributed by atoms with Gasteiger partial charge in [-0.3, -0.25) is 9.79 Å². The maximum atomic E-state index is 13.0. The van der Waals surface area contributed by atoms with Crippen LogP contribution in [-0.2, 0) is 11.2 Å². The average Bonchev–Trinajstić information content (AvgIpc) is 3.26. The Balaban J connectivity index is 1.48. The molecule has 1 aromatic heterocycles. The smallest absolute Gasteiger partial charge is 0.317 e. The van der Waals surface area contributed by atoms with E-state index in [1.54, 1.807) is 13.2 Å². The van der Waals surface area contributed by atoms with E-state index in [2.05, 4.69) is 15.5 Å². The van der Waals surface area contributed by atoms with E-state index in [4.69, 9.17) is 14.1 Å². The molecule has 0 saturated heterocycles. The minimum atomic E-state index is -0.851. The maximum Gasteiger partial charge on any atom is 0.317 e. The number of nitrogens with zero attached hydrogens (tertiary/aromatic N) is 3. The van der Waals surface area contributed by atoms with Gasteiger partial charge < -0.3 is 14.5 Å². The molecule has 4 aromatic rings. The first-order chi connectivity index (χ1) is 15.7. The molecule has 0 spiro atoms. The van der Waals surface area contributed by atoms with Crippen LogP contribution in [0.15, 0.2) is 88.3 Å². The predicted octanol–water partition coefficient (Wildman–Crippen LogP) is 4.15. The third-order valence-electron chi connectivity index (χ3n) is 5.25. The van der Waals surface area contributed by atoms with E-state index in [-0.39, 0.29) is 18.2 Å². The van der Waals surface area contributed by atoms with Gasteiger partial charge in [-0.25, -0.2) is 0 Å². The fourth-order valence-corrected chi connectivity index (χ4v) is 3.67. The van der Waals surface area contributed by atoms with Crippen molar-refractivity contribution in [3.05, 3.63) is 95.6 Å². The standard InChI is InChI=1S/C25H20N4O3/c1-31-19-12-7-11-18(14-19)24-28-29-25(32-24)27-23-21(30)15-17-10-5-6-13-20(17)22(26-23)16-8-3-2-4-9-16/h2-14,23H,15H2,1H3,(H,27,29). The van der Waals surface area contributed by atoms with Gasteiger partial charge in [-0.15, -0.1) is 5.10 Å². The Morgan fingerprint density at radius 1 is 0.938 bits per heavy atom. The number of methoxy groups -OCH3 is 1. The zero-order chi connectivity index (χ0) is 21.9. The Labute approximate surface area is 184 Å². The summed E-state index contributed by atoms with van der Waals surface area (Å²) in [6.45, 7) is 0. The lowest BCUT2D eigenvalue weighted by atomic mass is 9.96. The summed E-state index contributed by atoms with van der Waals surface area (Å²) in [5.41, 5.74) is 4.28. The van der Waals surface area contributed by atoms with Crippen molar-refractivity contribution in [2.24, 2.45) is 4.99 Å². The molecule has 0 aliphatic carbocycles. The molecule has 3 aromatic carbocycles. The van der Waals surface area contributed by atoms with E-state index in [9.17, 15) is 4.79 Å². The Morgan fingerprint density at radius 2 is 1.72 bits per heavy atom. The van der Waals surface area contributed by atoms with Gasteiger partial charge in [-0.2, -0.15) is 0 Å². The van der Waals surface area contributed by atoms with Crippen LogP contribution in [0.1, 0.15) is 16.7 Å². The Bertz CT molecular complexity index is 1300. The fraction of sp³-hybridized carbons (Fsp3) is 0.120. The first-order valence-corrected chi connectivity index (χ1v) is 10.2. The van der Waals surface area contributed by atoms with E-state index in [0.29, 0.717) is 11.6 Å². The van der Waals surface area contributed by atoms with E-state index in [1.165, 1.54) is 0 Å². The van der Waals surface area contributed by atoms with Gasteiger partial charge in [-0.1, -0.05) is 65.8 Å². The summed E-state index contributed by atoms with van der Waals surface area (Å²) in [5.74, 6) is 0.927.